The van der Waals surface area contributed by atoms with Gasteiger partial charge in [-0.15, -0.1) is 0 Å². The van der Waals surface area contributed by atoms with E-state index in [1.54, 1.807) is 24.7 Å². The molecule has 0 aliphatic carbocycles. The van der Waals surface area contributed by atoms with Crippen molar-refractivity contribution >= 4 is 11.7 Å². The van der Waals surface area contributed by atoms with E-state index >= 15 is 0 Å². The smallest absolute Gasteiger partial charge is 0.259 e. The number of piperazine rings is 1. The van der Waals surface area contributed by atoms with Crippen molar-refractivity contribution in [1.82, 2.24) is 24.4 Å². The number of amides is 1. The summed E-state index contributed by atoms with van der Waals surface area (Å²) >= 11 is 0. The van der Waals surface area contributed by atoms with Crippen LogP contribution in [0.25, 0.3) is 5.82 Å². The predicted molar refractivity (Wildman–Crippen MR) is 100 cm³/mol. The summed E-state index contributed by atoms with van der Waals surface area (Å²) < 4.78 is 7.15. The lowest BCUT2D eigenvalue weighted by Crippen LogP contribution is -2.49. The zero-order valence-corrected chi connectivity index (χ0v) is 15.0. The first-order chi connectivity index (χ1) is 13.3. The van der Waals surface area contributed by atoms with Crippen molar-refractivity contribution in [3.8, 4) is 11.7 Å². The molecule has 0 spiro atoms. The van der Waals surface area contributed by atoms with Crippen LogP contribution in [0, 0.1) is 0 Å². The van der Waals surface area contributed by atoms with Crippen LogP contribution in [0.15, 0.2) is 55.2 Å². The summed E-state index contributed by atoms with van der Waals surface area (Å²) in [5.41, 5.74) is 0.491. The molecular formula is C19H20N6O2. The fourth-order valence-corrected chi connectivity index (χ4v) is 3.16. The summed E-state index contributed by atoms with van der Waals surface area (Å²) in [6.45, 7) is 2.63. The third kappa shape index (κ3) is 3.46. The van der Waals surface area contributed by atoms with E-state index in [9.17, 15) is 4.79 Å². The number of ether oxygens (including phenoxy) is 1. The number of nitrogens with zero attached hydrogens (tertiary/aromatic N) is 6. The Morgan fingerprint density at radius 2 is 1.74 bits per heavy atom. The standard InChI is InChI=1S/C19H20N6O2/c1-27-18-15(5-4-6-20-18)19(26)25-11-9-24(10-12-25)17-13-16(21-14-22-17)23-7-2-3-8-23/h2-8,13-14H,9-12H2,1H3. The van der Waals surface area contributed by atoms with Gasteiger partial charge in [0.05, 0.1) is 7.11 Å². The number of anilines is 1. The summed E-state index contributed by atoms with van der Waals surface area (Å²) in [4.78, 5) is 29.6. The average Bonchev–Trinajstić information content (AvgIpc) is 3.28. The second kappa shape index (κ2) is 7.45. The summed E-state index contributed by atoms with van der Waals surface area (Å²) in [7, 11) is 1.52. The molecule has 1 saturated heterocycles. The molecule has 3 aromatic heterocycles. The van der Waals surface area contributed by atoms with E-state index in [0.29, 0.717) is 37.6 Å². The molecule has 0 unspecified atom stereocenters. The fraction of sp³-hybridized carbons (Fsp3) is 0.263. The van der Waals surface area contributed by atoms with E-state index in [1.807, 2.05) is 40.1 Å². The molecule has 0 aromatic carbocycles. The predicted octanol–water partition coefficient (Wildman–Crippen LogP) is 1.63. The van der Waals surface area contributed by atoms with Crippen molar-refractivity contribution in [2.45, 2.75) is 0 Å². The van der Waals surface area contributed by atoms with Gasteiger partial charge in [0.2, 0.25) is 5.88 Å². The molecule has 0 radical (unpaired) electrons. The fourth-order valence-electron chi connectivity index (χ4n) is 3.16. The van der Waals surface area contributed by atoms with Crippen molar-refractivity contribution < 1.29 is 9.53 Å². The van der Waals surface area contributed by atoms with E-state index in [4.69, 9.17) is 4.74 Å². The summed E-state index contributed by atoms with van der Waals surface area (Å²) in [5.74, 6) is 1.98. The molecule has 3 aromatic rings. The molecule has 1 aliphatic heterocycles. The highest BCUT2D eigenvalue weighted by atomic mass is 16.5. The molecule has 0 N–H and O–H groups in total. The highest BCUT2D eigenvalue weighted by molar-refractivity contribution is 5.96. The maximum absolute atomic E-state index is 12.8. The molecular weight excluding hydrogens is 344 g/mol. The van der Waals surface area contributed by atoms with Gasteiger partial charge in [-0.1, -0.05) is 0 Å². The number of rotatable bonds is 4. The van der Waals surface area contributed by atoms with E-state index < -0.39 is 0 Å². The summed E-state index contributed by atoms with van der Waals surface area (Å²) in [6, 6.07) is 9.36. The molecule has 0 bridgehead atoms. The Morgan fingerprint density at radius 1 is 1.00 bits per heavy atom. The van der Waals surface area contributed by atoms with Crippen LogP contribution in [0.4, 0.5) is 5.82 Å². The van der Waals surface area contributed by atoms with Gasteiger partial charge in [-0.05, 0) is 24.3 Å². The number of hydrogen-bond donors (Lipinski definition) is 0. The topological polar surface area (TPSA) is 76.4 Å². The Balaban J connectivity index is 1.45. The molecule has 8 nitrogen and oxygen atoms in total. The Morgan fingerprint density at radius 3 is 2.48 bits per heavy atom. The maximum atomic E-state index is 12.8. The van der Waals surface area contributed by atoms with Gasteiger partial charge < -0.3 is 19.1 Å². The minimum Gasteiger partial charge on any atom is -0.480 e. The average molecular weight is 364 g/mol. The van der Waals surface area contributed by atoms with E-state index in [2.05, 4.69) is 19.9 Å². The van der Waals surface area contributed by atoms with Crippen LogP contribution in [0.5, 0.6) is 5.88 Å². The van der Waals surface area contributed by atoms with Crippen LogP contribution >= 0.6 is 0 Å². The Hall–Kier alpha value is -3.42. The van der Waals surface area contributed by atoms with Crippen molar-refractivity contribution in [2.24, 2.45) is 0 Å². The van der Waals surface area contributed by atoms with E-state index in [0.717, 1.165) is 11.6 Å². The largest absolute Gasteiger partial charge is 0.480 e. The Kier molecular flexibility index (Phi) is 4.69. The van der Waals surface area contributed by atoms with Gasteiger partial charge in [-0.3, -0.25) is 4.79 Å². The Bertz CT molecular complexity index is 919. The van der Waals surface area contributed by atoms with Gasteiger partial charge in [-0.2, -0.15) is 0 Å². The van der Waals surface area contributed by atoms with Crippen molar-refractivity contribution in [3.63, 3.8) is 0 Å². The van der Waals surface area contributed by atoms with Crippen LogP contribution in [0.1, 0.15) is 10.4 Å². The third-order valence-electron chi connectivity index (χ3n) is 4.59. The molecule has 27 heavy (non-hydrogen) atoms. The number of pyridine rings is 1. The van der Waals surface area contributed by atoms with Gasteiger partial charge in [-0.25, -0.2) is 15.0 Å². The number of aromatic nitrogens is 4. The van der Waals surface area contributed by atoms with Crippen LogP contribution < -0.4 is 9.64 Å². The van der Waals surface area contributed by atoms with Crippen molar-refractivity contribution in [3.05, 3.63) is 60.8 Å². The first-order valence-electron chi connectivity index (χ1n) is 8.75. The molecule has 1 fully saturated rings. The van der Waals surface area contributed by atoms with Gasteiger partial charge in [0.1, 0.15) is 23.5 Å². The molecule has 4 heterocycles. The lowest BCUT2D eigenvalue weighted by atomic mass is 10.2. The molecule has 0 saturated carbocycles. The normalized spacial score (nSPS) is 14.3. The quantitative estimate of drug-likeness (QED) is 0.700. The Labute approximate surface area is 157 Å². The molecule has 4 rings (SSSR count). The minimum absolute atomic E-state index is 0.0599. The van der Waals surface area contributed by atoms with Crippen LogP contribution in [-0.4, -0.2) is 63.6 Å². The van der Waals surface area contributed by atoms with Crippen molar-refractivity contribution in [1.29, 1.82) is 0 Å². The highest BCUT2D eigenvalue weighted by Crippen LogP contribution is 2.20. The number of methoxy groups -OCH3 is 1. The lowest BCUT2D eigenvalue weighted by molar-refractivity contribution is 0.0742. The lowest BCUT2D eigenvalue weighted by Gasteiger charge is -2.35. The number of carbonyl (C=O) groups is 1. The van der Waals surface area contributed by atoms with Crippen LogP contribution in [0.2, 0.25) is 0 Å². The second-order valence-corrected chi connectivity index (χ2v) is 6.16. The second-order valence-electron chi connectivity index (χ2n) is 6.16. The minimum atomic E-state index is -0.0599. The first kappa shape index (κ1) is 17.0. The number of hydrogen-bond acceptors (Lipinski definition) is 6. The zero-order chi connectivity index (χ0) is 18.6. The zero-order valence-electron chi connectivity index (χ0n) is 15.0. The number of carbonyl (C=O) groups excluding carboxylic acids is 1. The van der Waals surface area contributed by atoms with Gasteiger partial charge >= 0.3 is 0 Å². The molecule has 0 atom stereocenters. The monoisotopic (exact) mass is 364 g/mol. The van der Waals surface area contributed by atoms with Gasteiger partial charge in [0.15, 0.2) is 0 Å². The van der Waals surface area contributed by atoms with Gasteiger partial charge in [0.25, 0.3) is 5.91 Å². The van der Waals surface area contributed by atoms with Crippen LogP contribution in [-0.2, 0) is 0 Å². The van der Waals surface area contributed by atoms with Crippen molar-refractivity contribution in [2.75, 3.05) is 38.2 Å². The molecule has 8 heteroatoms. The first-order valence-corrected chi connectivity index (χ1v) is 8.75. The summed E-state index contributed by atoms with van der Waals surface area (Å²) in [6.07, 6.45) is 7.09. The third-order valence-corrected chi connectivity index (χ3v) is 4.59. The highest BCUT2D eigenvalue weighted by Gasteiger charge is 2.25. The van der Waals surface area contributed by atoms with E-state index in [-0.39, 0.29) is 5.91 Å². The SMILES string of the molecule is COc1ncccc1C(=O)N1CCN(c2cc(-n3cccc3)ncn2)CC1. The maximum Gasteiger partial charge on any atom is 0.259 e. The molecule has 1 amide bonds. The van der Waals surface area contributed by atoms with E-state index in [1.165, 1.54) is 7.11 Å². The molecule has 1 aliphatic rings. The summed E-state index contributed by atoms with van der Waals surface area (Å²) in [5, 5.41) is 0. The van der Waals surface area contributed by atoms with Crippen LogP contribution in [0.3, 0.4) is 0 Å². The van der Waals surface area contributed by atoms with Gasteiger partial charge in [0, 0.05) is 50.8 Å². The molecule has 138 valence electrons.